The zero-order valence-corrected chi connectivity index (χ0v) is 13.0. The molecule has 1 aliphatic heterocycles. The van der Waals surface area contributed by atoms with E-state index in [4.69, 9.17) is 4.74 Å². The first-order chi connectivity index (χ1) is 10.2. The number of amides is 2. The molecule has 0 aromatic heterocycles. The molecule has 0 spiro atoms. The normalized spacial score (nSPS) is 17.0. The van der Waals surface area contributed by atoms with E-state index < -0.39 is 0 Å². The molecule has 21 heavy (non-hydrogen) atoms. The van der Waals surface area contributed by atoms with Crippen molar-refractivity contribution in [3.8, 4) is 0 Å². The quantitative estimate of drug-likeness (QED) is 0.795. The zero-order valence-electron chi connectivity index (χ0n) is 12.1. The molecule has 0 radical (unpaired) electrons. The Morgan fingerprint density at radius 3 is 2.67 bits per heavy atom. The van der Waals surface area contributed by atoms with Gasteiger partial charge in [0.25, 0.3) is 0 Å². The minimum absolute atomic E-state index is 0.00508. The molecule has 0 saturated carbocycles. The number of carbonyl (C=O) groups is 1. The van der Waals surface area contributed by atoms with Gasteiger partial charge < -0.3 is 15.4 Å². The van der Waals surface area contributed by atoms with Gasteiger partial charge in [-0.2, -0.15) is 0 Å². The third-order valence-corrected chi connectivity index (χ3v) is 4.95. The monoisotopic (exact) mass is 306 g/mol. The Labute approximate surface area is 130 Å². The van der Waals surface area contributed by atoms with Crippen LogP contribution in [0.15, 0.2) is 47.9 Å². The molecule has 5 heteroatoms. The molecule has 1 aromatic carbocycles. The van der Waals surface area contributed by atoms with Crippen LogP contribution in [0.25, 0.3) is 0 Å². The molecule has 0 aliphatic carbocycles. The van der Waals surface area contributed by atoms with Crippen molar-refractivity contribution in [1.82, 2.24) is 10.6 Å². The van der Waals surface area contributed by atoms with Crippen LogP contribution in [0.1, 0.15) is 12.8 Å². The Kier molecular flexibility index (Phi) is 6.14. The van der Waals surface area contributed by atoms with Crippen molar-refractivity contribution < 1.29 is 9.53 Å². The van der Waals surface area contributed by atoms with E-state index in [-0.39, 0.29) is 10.8 Å². The van der Waals surface area contributed by atoms with Gasteiger partial charge in [0, 0.05) is 35.9 Å². The van der Waals surface area contributed by atoms with Crippen LogP contribution in [0.2, 0.25) is 0 Å². The van der Waals surface area contributed by atoms with E-state index in [2.05, 4.69) is 29.3 Å². The van der Waals surface area contributed by atoms with Crippen molar-refractivity contribution in [3.63, 3.8) is 0 Å². The van der Waals surface area contributed by atoms with Crippen LogP contribution in [0, 0.1) is 0 Å². The summed E-state index contributed by atoms with van der Waals surface area (Å²) < 4.78 is 5.48. The number of thioether (sulfide) groups is 1. The summed E-state index contributed by atoms with van der Waals surface area (Å²) in [5.74, 6) is 0. The topological polar surface area (TPSA) is 50.4 Å². The first kappa shape index (κ1) is 15.9. The number of ether oxygens (including phenoxy) is 1. The maximum absolute atomic E-state index is 11.7. The largest absolute Gasteiger partial charge is 0.381 e. The fourth-order valence-electron chi connectivity index (χ4n) is 2.27. The summed E-state index contributed by atoms with van der Waals surface area (Å²) in [4.78, 5) is 13.0. The lowest BCUT2D eigenvalue weighted by Gasteiger charge is -2.36. The second-order valence-corrected chi connectivity index (χ2v) is 6.60. The van der Waals surface area contributed by atoms with Gasteiger partial charge in [-0.05, 0) is 25.0 Å². The van der Waals surface area contributed by atoms with E-state index in [0.717, 1.165) is 26.1 Å². The van der Waals surface area contributed by atoms with Crippen LogP contribution >= 0.6 is 11.8 Å². The van der Waals surface area contributed by atoms with Crippen LogP contribution in [0.3, 0.4) is 0 Å². The number of nitrogens with one attached hydrogen (secondary N) is 2. The summed E-state index contributed by atoms with van der Waals surface area (Å²) in [6, 6.07) is 10.2. The number of urea groups is 1. The summed E-state index contributed by atoms with van der Waals surface area (Å²) in [7, 11) is 0. The molecular weight excluding hydrogens is 284 g/mol. The second kappa shape index (κ2) is 8.10. The van der Waals surface area contributed by atoms with E-state index in [1.54, 1.807) is 6.08 Å². The number of rotatable bonds is 6. The van der Waals surface area contributed by atoms with Crippen molar-refractivity contribution in [2.24, 2.45) is 0 Å². The fraction of sp³-hybridized carbons (Fsp3) is 0.438. The molecule has 0 unspecified atom stereocenters. The van der Waals surface area contributed by atoms with Crippen molar-refractivity contribution in [2.75, 3.05) is 26.3 Å². The molecule has 1 fully saturated rings. The Morgan fingerprint density at radius 1 is 1.29 bits per heavy atom. The Balaban J connectivity index is 1.96. The van der Waals surface area contributed by atoms with Crippen LogP contribution in [-0.4, -0.2) is 37.1 Å². The van der Waals surface area contributed by atoms with Crippen LogP contribution in [0.4, 0.5) is 4.79 Å². The minimum Gasteiger partial charge on any atom is -0.381 e. The highest BCUT2D eigenvalue weighted by atomic mass is 32.2. The number of hydrogen-bond donors (Lipinski definition) is 2. The van der Waals surface area contributed by atoms with E-state index in [9.17, 15) is 4.79 Å². The first-order valence-corrected chi connectivity index (χ1v) is 8.00. The Morgan fingerprint density at radius 2 is 2.00 bits per heavy atom. The van der Waals surface area contributed by atoms with Gasteiger partial charge in [0.1, 0.15) is 0 Å². The lowest BCUT2D eigenvalue weighted by atomic mass is 9.99. The van der Waals surface area contributed by atoms with Crippen LogP contribution < -0.4 is 10.6 Å². The molecular formula is C16H22N2O2S. The highest BCUT2D eigenvalue weighted by Crippen LogP contribution is 2.39. The van der Waals surface area contributed by atoms with Crippen molar-refractivity contribution in [2.45, 2.75) is 22.5 Å². The third kappa shape index (κ3) is 5.10. The Bertz CT molecular complexity index is 459. The molecule has 114 valence electrons. The molecule has 4 nitrogen and oxygen atoms in total. The predicted molar refractivity (Wildman–Crippen MR) is 86.7 cm³/mol. The van der Waals surface area contributed by atoms with Gasteiger partial charge in [-0.15, -0.1) is 18.3 Å². The van der Waals surface area contributed by atoms with E-state index in [0.29, 0.717) is 13.1 Å². The van der Waals surface area contributed by atoms with E-state index in [1.807, 2.05) is 30.0 Å². The van der Waals surface area contributed by atoms with Gasteiger partial charge in [0.2, 0.25) is 0 Å². The zero-order chi connectivity index (χ0) is 15.0. The minimum atomic E-state index is -0.144. The average Bonchev–Trinajstić information content (AvgIpc) is 2.53. The molecule has 1 aliphatic rings. The van der Waals surface area contributed by atoms with Crippen LogP contribution in [0.5, 0.6) is 0 Å². The van der Waals surface area contributed by atoms with Gasteiger partial charge >= 0.3 is 6.03 Å². The SMILES string of the molecule is C=CCNC(=O)NCC1(Sc2ccccc2)CCOCC1. The highest BCUT2D eigenvalue weighted by Gasteiger charge is 2.34. The lowest BCUT2D eigenvalue weighted by molar-refractivity contribution is 0.0776. The first-order valence-electron chi connectivity index (χ1n) is 7.18. The molecule has 1 saturated heterocycles. The van der Waals surface area contributed by atoms with Gasteiger partial charge in [-0.3, -0.25) is 0 Å². The van der Waals surface area contributed by atoms with Gasteiger partial charge in [0.15, 0.2) is 0 Å². The van der Waals surface area contributed by atoms with Gasteiger partial charge in [-0.25, -0.2) is 4.79 Å². The van der Waals surface area contributed by atoms with Gasteiger partial charge in [0.05, 0.1) is 0 Å². The highest BCUT2D eigenvalue weighted by molar-refractivity contribution is 8.00. The van der Waals surface area contributed by atoms with E-state index in [1.165, 1.54) is 4.90 Å². The lowest BCUT2D eigenvalue weighted by Crippen LogP contribution is -2.47. The second-order valence-electron chi connectivity index (χ2n) is 5.06. The fourth-order valence-corrected chi connectivity index (χ4v) is 3.57. The predicted octanol–water partition coefficient (Wildman–Crippen LogP) is 2.81. The number of carbonyl (C=O) groups excluding carboxylic acids is 1. The molecule has 0 atom stereocenters. The molecule has 2 N–H and O–H groups in total. The average molecular weight is 306 g/mol. The molecule has 1 heterocycles. The van der Waals surface area contributed by atoms with Gasteiger partial charge in [-0.1, -0.05) is 24.3 Å². The summed E-state index contributed by atoms with van der Waals surface area (Å²) in [5.41, 5.74) is 0. The maximum Gasteiger partial charge on any atom is 0.315 e. The summed E-state index contributed by atoms with van der Waals surface area (Å²) in [6.45, 7) is 6.20. The molecule has 0 bridgehead atoms. The van der Waals surface area contributed by atoms with Crippen molar-refractivity contribution in [3.05, 3.63) is 43.0 Å². The molecule has 2 amide bonds. The van der Waals surface area contributed by atoms with E-state index >= 15 is 0 Å². The maximum atomic E-state index is 11.7. The Hall–Kier alpha value is -1.46. The molecule has 2 rings (SSSR count). The third-order valence-electron chi connectivity index (χ3n) is 3.46. The molecule has 1 aromatic rings. The summed E-state index contributed by atoms with van der Waals surface area (Å²) in [5, 5.41) is 5.72. The number of hydrogen-bond acceptors (Lipinski definition) is 3. The number of benzene rings is 1. The summed E-state index contributed by atoms with van der Waals surface area (Å²) >= 11 is 1.84. The van der Waals surface area contributed by atoms with Crippen molar-refractivity contribution >= 4 is 17.8 Å². The standard InChI is InChI=1S/C16H22N2O2S/c1-2-10-17-15(19)18-13-16(8-11-20-12-9-16)21-14-6-4-3-5-7-14/h2-7H,1,8-13H2,(H2,17,18,19). The summed E-state index contributed by atoms with van der Waals surface area (Å²) in [6.07, 6.45) is 3.55. The van der Waals surface area contributed by atoms with Crippen LogP contribution in [-0.2, 0) is 4.74 Å². The van der Waals surface area contributed by atoms with Crippen molar-refractivity contribution in [1.29, 1.82) is 0 Å². The smallest absolute Gasteiger partial charge is 0.315 e.